The van der Waals surface area contributed by atoms with E-state index in [-0.39, 0.29) is 5.69 Å². The number of non-ortho nitro benzene ring substituents is 1. The molecule has 32 heavy (non-hydrogen) atoms. The van der Waals surface area contributed by atoms with E-state index in [9.17, 15) is 10.1 Å². The summed E-state index contributed by atoms with van der Waals surface area (Å²) >= 11 is 1.50. The fourth-order valence-corrected chi connectivity index (χ4v) is 4.33. The molecule has 0 fully saturated rings. The zero-order chi connectivity index (χ0) is 21.9. The van der Waals surface area contributed by atoms with Gasteiger partial charge in [0.15, 0.2) is 28.6 Å². The maximum Gasteiger partial charge on any atom is 0.269 e. The second-order valence-electron chi connectivity index (χ2n) is 7.09. The van der Waals surface area contributed by atoms with E-state index in [1.807, 2.05) is 59.2 Å². The van der Waals surface area contributed by atoms with Gasteiger partial charge in [0.2, 0.25) is 0 Å². The summed E-state index contributed by atoms with van der Waals surface area (Å²) in [5.74, 6) is 2.62. The Hall–Kier alpha value is -3.85. The standard InChI is InChI=1S/C23H18N4O4S/c28-27(29)18-12-10-16(11-13-18)15-32-23-25-24-22(26(23)17-6-2-1-3-7-17)21-14-30-19-8-4-5-9-20(19)31-21/h1-13,21H,14-15H2/t21-/m1/s1. The Morgan fingerprint density at radius 1 is 0.969 bits per heavy atom. The van der Waals surface area contributed by atoms with Crippen LogP contribution >= 0.6 is 11.8 Å². The van der Waals surface area contributed by atoms with Crippen LogP contribution < -0.4 is 9.47 Å². The highest BCUT2D eigenvalue weighted by Crippen LogP contribution is 2.37. The quantitative estimate of drug-likeness (QED) is 0.234. The first kappa shape index (κ1) is 20.1. The molecule has 0 saturated heterocycles. The molecule has 1 aromatic heterocycles. The second-order valence-corrected chi connectivity index (χ2v) is 8.03. The van der Waals surface area contributed by atoms with Gasteiger partial charge in [0.25, 0.3) is 5.69 Å². The van der Waals surface area contributed by atoms with Crippen LogP contribution in [0.2, 0.25) is 0 Å². The Bertz CT molecular complexity index is 1240. The number of nitro groups is 1. The summed E-state index contributed by atoms with van der Waals surface area (Å²) in [6.07, 6.45) is -0.411. The van der Waals surface area contributed by atoms with E-state index in [4.69, 9.17) is 9.47 Å². The number of hydrogen-bond donors (Lipinski definition) is 0. The molecular weight excluding hydrogens is 428 g/mol. The van der Waals surface area contributed by atoms with Crippen LogP contribution in [0, 0.1) is 10.1 Å². The van der Waals surface area contributed by atoms with Crippen LogP contribution in [0.15, 0.2) is 84.0 Å². The lowest BCUT2D eigenvalue weighted by Gasteiger charge is -2.26. The highest BCUT2D eigenvalue weighted by molar-refractivity contribution is 7.98. The molecule has 0 spiro atoms. The monoisotopic (exact) mass is 446 g/mol. The molecule has 0 N–H and O–H groups in total. The lowest BCUT2D eigenvalue weighted by molar-refractivity contribution is -0.384. The smallest absolute Gasteiger partial charge is 0.269 e. The predicted octanol–water partition coefficient (Wildman–Crippen LogP) is 4.98. The van der Waals surface area contributed by atoms with Gasteiger partial charge in [0.05, 0.1) is 4.92 Å². The van der Waals surface area contributed by atoms with Gasteiger partial charge >= 0.3 is 0 Å². The van der Waals surface area contributed by atoms with Crippen molar-refractivity contribution < 1.29 is 14.4 Å². The molecule has 0 amide bonds. The Kier molecular flexibility index (Phi) is 5.47. The van der Waals surface area contributed by atoms with Gasteiger partial charge in [-0.05, 0) is 29.8 Å². The van der Waals surface area contributed by atoms with Crippen molar-refractivity contribution >= 4 is 17.4 Å². The molecule has 0 aliphatic carbocycles. The second kappa shape index (κ2) is 8.72. The molecule has 1 aliphatic rings. The minimum atomic E-state index is -0.411. The van der Waals surface area contributed by atoms with E-state index >= 15 is 0 Å². The number of ether oxygens (including phenoxy) is 2. The summed E-state index contributed by atoms with van der Waals surface area (Å²) < 4.78 is 14.0. The molecule has 0 saturated carbocycles. The van der Waals surface area contributed by atoms with Gasteiger partial charge in [0, 0.05) is 23.6 Å². The van der Waals surface area contributed by atoms with Crippen molar-refractivity contribution in [3.8, 4) is 17.2 Å². The molecular formula is C23H18N4O4S. The number of benzene rings is 3. The minimum absolute atomic E-state index is 0.0724. The van der Waals surface area contributed by atoms with Crippen LogP contribution in [0.25, 0.3) is 5.69 Å². The Labute approximate surface area is 188 Å². The molecule has 9 heteroatoms. The lowest BCUT2D eigenvalue weighted by atomic mass is 10.2. The molecule has 0 radical (unpaired) electrons. The average Bonchev–Trinajstić information content (AvgIpc) is 3.27. The molecule has 0 unspecified atom stereocenters. The van der Waals surface area contributed by atoms with Crippen LogP contribution in [0.3, 0.4) is 0 Å². The third-order valence-corrected chi connectivity index (χ3v) is 5.98. The van der Waals surface area contributed by atoms with Gasteiger partial charge in [-0.2, -0.15) is 0 Å². The molecule has 4 aromatic rings. The number of thioether (sulfide) groups is 1. The first-order chi connectivity index (χ1) is 15.7. The minimum Gasteiger partial charge on any atom is -0.485 e. The first-order valence-electron chi connectivity index (χ1n) is 9.94. The SMILES string of the molecule is O=[N+]([O-])c1ccc(CSc2nnc([C@H]3COc4ccccc4O3)n2-c2ccccc2)cc1. The van der Waals surface area contributed by atoms with Gasteiger partial charge in [-0.15, -0.1) is 10.2 Å². The molecule has 3 aromatic carbocycles. The van der Waals surface area contributed by atoms with Crippen molar-refractivity contribution in [3.05, 3.63) is 100 Å². The molecule has 1 aliphatic heterocycles. The highest BCUT2D eigenvalue weighted by atomic mass is 32.2. The largest absolute Gasteiger partial charge is 0.485 e. The predicted molar refractivity (Wildman–Crippen MR) is 119 cm³/mol. The normalized spacial score (nSPS) is 14.8. The summed E-state index contributed by atoms with van der Waals surface area (Å²) in [6.45, 7) is 0.328. The summed E-state index contributed by atoms with van der Waals surface area (Å²) in [5, 5.41) is 20.4. The zero-order valence-corrected chi connectivity index (χ0v) is 17.6. The molecule has 1 atom stereocenters. The molecule has 8 nitrogen and oxygen atoms in total. The van der Waals surface area contributed by atoms with Crippen molar-refractivity contribution in [2.75, 3.05) is 6.61 Å². The number of nitrogens with zero attached hydrogens (tertiary/aromatic N) is 4. The van der Waals surface area contributed by atoms with Crippen molar-refractivity contribution in [3.63, 3.8) is 0 Å². The van der Waals surface area contributed by atoms with E-state index in [2.05, 4.69) is 10.2 Å². The molecule has 2 heterocycles. The van der Waals surface area contributed by atoms with E-state index in [1.165, 1.54) is 23.9 Å². The van der Waals surface area contributed by atoms with E-state index in [0.29, 0.717) is 34.8 Å². The third-order valence-electron chi connectivity index (χ3n) is 4.98. The van der Waals surface area contributed by atoms with Gasteiger partial charge in [0.1, 0.15) is 6.61 Å². The molecule has 5 rings (SSSR count). The number of rotatable bonds is 6. The van der Waals surface area contributed by atoms with Crippen molar-refractivity contribution in [1.29, 1.82) is 0 Å². The van der Waals surface area contributed by atoms with Gasteiger partial charge in [-0.1, -0.05) is 54.2 Å². The summed E-state index contributed by atoms with van der Waals surface area (Å²) in [6, 6.07) is 23.9. The van der Waals surface area contributed by atoms with Crippen LogP contribution in [0.5, 0.6) is 11.5 Å². The van der Waals surface area contributed by atoms with Crippen molar-refractivity contribution in [2.45, 2.75) is 17.0 Å². The number of nitro benzene ring substituents is 1. The van der Waals surface area contributed by atoms with Gasteiger partial charge in [-0.25, -0.2) is 0 Å². The number of para-hydroxylation sites is 3. The van der Waals surface area contributed by atoms with E-state index in [1.54, 1.807) is 12.1 Å². The maximum atomic E-state index is 10.9. The maximum absolute atomic E-state index is 10.9. The zero-order valence-electron chi connectivity index (χ0n) is 16.8. The Morgan fingerprint density at radius 2 is 1.69 bits per heavy atom. The fraction of sp³-hybridized carbons (Fsp3) is 0.130. The van der Waals surface area contributed by atoms with Crippen LogP contribution in [0.1, 0.15) is 17.5 Å². The number of hydrogen-bond acceptors (Lipinski definition) is 7. The highest BCUT2D eigenvalue weighted by Gasteiger charge is 2.29. The van der Waals surface area contributed by atoms with Crippen molar-refractivity contribution in [2.24, 2.45) is 0 Å². The topological polar surface area (TPSA) is 92.3 Å². The Morgan fingerprint density at radius 3 is 2.44 bits per heavy atom. The first-order valence-corrected chi connectivity index (χ1v) is 10.9. The van der Waals surface area contributed by atoms with Gasteiger partial charge in [-0.3, -0.25) is 14.7 Å². The number of fused-ring (bicyclic) bond motifs is 1. The third kappa shape index (κ3) is 4.02. The molecule has 0 bridgehead atoms. The summed E-state index contributed by atoms with van der Waals surface area (Å²) in [7, 11) is 0. The van der Waals surface area contributed by atoms with Crippen LogP contribution in [-0.4, -0.2) is 26.3 Å². The summed E-state index contributed by atoms with van der Waals surface area (Å²) in [4.78, 5) is 10.5. The Balaban J connectivity index is 1.43. The average molecular weight is 446 g/mol. The molecule has 160 valence electrons. The van der Waals surface area contributed by atoms with Crippen LogP contribution in [-0.2, 0) is 5.75 Å². The lowest BCUT2D eigenvalue weighted by Crippen LogP contribution is -2.24. The number of aromatic nitrogens is 3. The van der Waals surface area contributed by atoms with E-state index in [0.717, 1.165) is 11.3 Å². The van der Waals surface area contributed by atoms with E-state index < -0.39 is 11.0 Å². The van der Waals surface area contributed by atoms with Gasteiger partial charge < -0.3 is 9.47 Å². The summed E-state index contributed by atoms with van der Waals surface area (Å²) in [5.41, 5.74) is 1.94. The fourth-order valence-electron chi connectivity index (χ4n) is 3.41. The van der Waals surface area contributed by atoms with Crippen LogP contribution in [0.4, 0.5) is 5.69 Å². The van der Waals surface area contributed by atoms with Crippen molar-refractivity contribution in [1.82, 2.24) is 14.8 Å².